The van der Waals surface area contributed by atoms with Crippen molar-refractivity contribution in [2.75, 3.05) is 19.8 Å². The molecular weight excluding hydrogens is 202 g/mol. The molecule has 1 aromatic rings. The van der Waals surface area contributed by atoms with Crippen LogP contribution in [0.5, 0.6) is 0 Å². The average Bonchev–Trinajstić information content (AvgIpc) is 2.27. The number of amides is 1. The summed E-state index contributed by atoms with van der Waals surface area (Å²) in [6.07, 6.45) is 0.927. The zero-order valence-corrected chi connectivity index (χ0v) is 9.56. The summed E-state index contributed by atoms with van der Waals surface area (Å²) < 4.78 is 5.19. The molecule has 1 aliphatic heterocycles. The minimum Gasteiger partial charge on any atom is -0.380 e. The number of benzene rings is 1. The van der Waals surface area contributed by atoms with Crippen molar-refractivity contribution in [3.05, 3.63) is 35.9 Å². The number of hydrogen-bond donors (Lipinski definition) is 0. The van der Waals surface area contributed by atoms with E-state index in [2.05, 4.69) is 6.92 Å². The molecule has 0 aromatic heterocycles. The van der Waals surface area contributed by atoms with Crippen molar-refractivity contribution in [1.82, 2.24) is 4.90 Å². The fourth-order valence-electron chi connectivity index (χ4n) is 1.98. The fraction of sp³-hybridized carbons (Fsp3) is 0.462. The SMILES string of the molecule is CC1(CN(C=O)Cc2ccccc2)COC1. The number of carbonyl (C=O) groups excluding carboxylic acids is 1. The van der Waals surface area contributed by atoms with E-state index in [0.29, 0.717) is 6.54 Å². The summed E-state index contributed by atoms with van der Waals surface area (Å²) in [6.45, 7) is 5.11. The molecule has 1 amide bonds. The van der Waals surface area contributed by atoms with Crippen LogP contribution in [-0.2, 0) is 16.1 Å². The van der Waals surface area contributed by atoms with Gasteiger partial charge < -0.3 is 9.64 Å². The lowest BCUT2D eigenvalue weighted by Gasteiger charge is -2.40. The highest BCUT2D eigenvalue weighted by Crippen LogP contribution is 2.27. The van der Waals surface area contributed by atoms with Crippen LogP contribution in [-0.4, -0.2) is 31.1 Å². The Morgan fingerprint density at radius 1 is 1.38 bits per heavy atom. The van der Waals surface area contributed by atoms with E-state index >= 15 is 0 Å². The molecule has 1 fully saturated rings. The van der Waals surface area contributed by atoms with Gasteiger partial charge in [0.2, 0.25) is 6.41 Å². The third-order valence-electron chi connectivity index (χ3n) is 2.86. The van der Waals surface area contributed by atoms with Crippen LogP contribution in [0.15, 0.2) is 30.3 Å². The highest BCUT2D eigenvalue weighted by atomic mass is 16.5. The molecule has 0 aliphatic carbocycles. The van der Waals surface area contributed by atoms with E-state index in [1.807, 2.05) is 35.2 Å². The Balaban J connectivity index is 1.93. The maximum Gasteiger partial charge on any atom is 0.210 e. The first-order valence-electron chi connectivity index (χ1n) is 5.53. The van der Waals surface area contributed by atoms with Gasteiger partial charge in [-0.15, -0.1) is 0 Å². The minimum absolute atomic E-state index is 0.149. The van der Waals surface area contributed by atoms with E-state index < -0.39 is 0 Å². The molecule has 3 heteroatoms. The van der Waals surface area contributed by atoms with Gasteiger partial charge in [-0.25, -0.2) is 0 Å². The van der Waals surface area contributed by atoms with Crippen LogP contribution in [0.25, 0.3) is 0 Å². The van der Waals surface area contributed by atoms with Crippen LogP contribution in [0.1, 0.15) is 12.5 Å². The van der Waals surface area contributed by atoms with E-state index in [-0.39, 0.29) is 5.41 Å². The van der Waals surface area contributed by atoms with Crippen molar-refractivity contribution in [2.45, 2.75) is 13.5 Å². The summed E-state index contributed by atoms with van der Waals surface area (Å²) in [4.78, 5) is 12.8. The molecule has 1 aromatic carbocycles. The van der Waals surface area contributed by atoms with Crippen molar-refractivity contribution >= 4 is 6.41 Å². The van der Waals surface area contributed by atoms with Crippen molar-refractivity contribution in [3.8, 4) is 0 Å². The smallest absolute Gasteiger partial charge is 0.210 e. The monoisotopic (exact) mass is 219 g/mol. The number of ether oxygens (including phenoxy) is 1. The van der Waals surface area contributed by atoms with Crippen LogP contribution in [0, 0.1) is 5.41 Å². The van der Waals surface area contributed by atoms with Gasteiger partial charge in [0, 0.05) is 18.5 Å². The summed E-state index contributed by atoms with van der Waals surface area (Å²) in [5, 5.41) is 0. The fourth-order valence-corrected chi connectivity index (χ4v) is 1.98. The topological polar surface area (TPSA) is 29.5 Å². The molecular formula is C13H17NO2. The van der Waals surface area contributed by atoms with Gasteiger partial charge in [0.1, 0.15) is 0 Å². The quantitative estimate of drug-likeness (QED) is 0.705. The molecule has 0 saturated carbocycles. The summed E-state index contributed by atoms with van der Waals surface area (Å²) in [5.74, 6) is 0. The molecule has 1 saturated heterocycles. The van der Waals surface area contributed by atoms with Crippen molar-refractivity contribution in [1.29, 1.82) is 0 Å². The standard InChI is InChI=1S/C13H17NO2/c1-13(9-16-10-13)8-14(11-15)7-12-5-3-2-4-6-12/h2-6,11H,7-10H2,1H3. The zero-order valence-electron chi connectivity index (χ0n) is 9.56. The lowest BCUT2D eigenvalue weighted by Crippen LogP contribution is -2.48. The lowest BCUT2D eigenvalue weighted by molar-refractivity contribution is -0.134. The summed E-state index contributed by atoms with van der Waals surface area (Å²) in [7, 11) is 0. The van der Waals surface area contributed by atoms with Crippen molar-refractivity contribution < 1.29 is 9.53 Å². The first-order chi connectivity index (χ1) is 7.72. The lowest BCUT2D eigenvalue weighted by atomic mass is 9.88. The summed E-state index contributed by atoms with van der Waals surface area (Å²) >= 11 is 0. The number of carbonyl (C=O) groups is 1. The van der Waals surface area contributed by atoms with Gasteiger partial charge in [0.05, 0.1) is 13.2 Å². The van der Waals surface area contributed by atoms with E-state index in [1.54, 1.807) is 0 Å². The Kier molecular flexibility index (Phi) is 3.25. The maximum atomic E-state index is 11.0. The second-order valence-electron chi connectivity index (χ2n) is 4.80. The summed E-state index contributed by atoms with van der Waals surface area (Å²) in [5.41, 5.74) is 1.31. The molecule has 0 radical (unpaired) electrons. The number of rotatable bonds is 5. The predicted molar refractivity (Wildman–Crippen MR) is 61.8 cm³/mol. The molecule has 0 unspecified atom stereocenters. The highest BCUT2D eigenvalue weighted by Gasteiger charge is 2.34. The number of hydrogen-bond acceptors (Lipinski definition) is 2. The van der Waals surface area contributed by atoms with Gasteiger partial charge in [-0.1, -0.05) is 37.3 Å². The maximum absolute atomic E-state index is 11.0. The molecule has 0 N–H and O–H groups in total. The highest BCUT2D eigenvalue weighted by molar-refractivity contribution is 5.47. The molecule has 3 nitrogen and oxygen atoms in total. The van der Waals surface area contributed by atoms with Gasteiger partial charge in [-0.2, -0.15) is 0 Å². The van der Waals surface area contributed by atoms with Crippen LogP contribution in [0.4, 0.5) is 0 Å². The Morgan fingerprint density at radius 3 is 2.56 bits per heavy atom. The molecule has 1 aliphatic rings. The molecule has 0 spiro atoms. The van der Waals surface area contributed by atoms with Gasteiger partial charge in [-0.3, -0.25) is 4.79 Å². The van der Waals surface area contributed by atoms with E-state index in [9.17, 15) is 4.79 Å². The van der Waals surface area contributed by atoms with Crippen LogP contribution in [0.2, 0.25) is 0 Å². The van der Waals surface area contributed by atoms with E-state index in [1.165, 1.54) is 5.56 Å². The van der Waals surface area contributed by atoms with Crippen LogP contribution < -0.4 is 0 Å². The Hall–Kier alpha value is -1.35. The zero-order chi connectivity index (χ0) is 11.4. The molecule has 0 atom stereocenters. The minimum atomic E-state index is 0.149. The predicted octanol–water partition coefficient (Wildman–Crippen LogP) is 1.68. The Bertz CT molecular complexity index is 346. The molecule has 1 heterocycles. The third kappa shape index (κ3) is 2.61. The van der Waals surface area contributed by atoms with E-state index in [0.717, 1.165) is 26.2 Å². The second kappa shape index (κ2) is 4.66. The third-order valence-corrected chi connectivity index (χ3v) is 2.86. The Labute approximate surface area is 96.0 Å². The molecule has 0 bridgehead atoms. The van der Waals surface area contributed by atoms with Crippen LogP contribution in [0.3, 0.4) is 0 Å². The van der Waals surface area contributed by atoms with Crippen LogP contribution >= 0.6 is 0 Å². The van der Waals surface area contributed by atoms with Crippen molar-refractivity contribution in [2.24, 2.45) is 5.41 Å². The van der Waals surface area contributed by atoms with Gasteiger partial charge in [0.15, 0.2) is 0 Å². The first-order valence-corrected chi connectivity index (χ1v) is 5.53. The average molecular weight is 219 g/mol. The second-order valence-corrected chi connectivity index (χ2v) is 4.80. The summed E-state index contributed by atoms with van der Waals surface area (Å²) in [6, 6.07) is 10.0. The first kappa shape index (κ1) is 11.1. The van der Waals surface area contributed by atoms with Gasteiger partial charge >= 0.3 is 0 Å². The Morgan fingerprint density at radius 2 is 2.06 bits per heavy atom. The molecule has 2 rings (SSSR count). The van der Waals surface area contributed by atoms with Gasteiger partial charge in [-0.05, 0) is 5.56 Å². The largest absolute Gasteiger partial charge is 0.380 e. The van der Waals surface area contributed by atoms with Gasteiger partial charge in [0.25, 0.3) is 0 Å². The number of nitrogens with zero attached hydrogens (tertiary/aromatic N) is 1. The van der Waals surface area contributed by atoms with Crippen molar-refractivity contribution in [3.63, 3.8) is 0 Å². The normalized spacial score (nSPS) is 17.6. The molecule has 16 heavy (non-hydrogen) atoms. The van der Waals surface area contributed by atoms with E-state index in [4.69, 9.17) is 4.74 Å². The molecule has 86 valence electrons.